The van der Waals surface area contributed by atoms with E-state index in [4.69, 9.17) is 5.73 Å². The lowest BCUT2D eigenvalue weighted by Gasteiger charge is -2.01. The quantitative estimate of drug-likeness (QED) is 0.707. The standard InChI is InChI=1S/C13H15N5/c1-8-12(16-13(14)18(8)3)9-4-5-11-10(6-9)15-7-17(11)2/h4-7H,1-3H3,(H2,14,16). The average Bonchev–Trinajstić information content (AvgIpc) is 2.85. The number of aryl methyl sites for hydroxylation is 1. The minimum atomic E-state index is 0.531. The van der Waals surface area contributed by atoms with Crippen molar-refractivity contribution in [2.75, 3.05) is 5.73 Å². The van der Waals surface area contributed by atoms with E-state index in [1.54, 1.807) is 0 Å². The first-order chi connectivity index (χ1) is 8.58. The summed E-state index contributed by atoms with van der Waals surface area (Å²) in [5, 5.41) is 0. The molecular formula is C13H15N5. The van der Waals surface area contributed by atoms with Crippen LogP contribution < -0.4 is 5.73 Å². The summed E-state index contributed by atoms with van der Waals surface area (Å²) in [5.41, 5.74) is 10.9. The van der Waals surface area contributed by atoms with Crippen molar-refractivity contribution in [1.82, 2.24) is 19.1 Å². The monoisotopic (exact) mass is 241 g/mol. The number of imidazole rings is 2. The number of hydrogen-bond acceptors (Lipinski definition) is 3. The smallest absolute Gasteiger partial charge is 0.200 e. The molecular weight excluding hydrogens is 226 g/mol. The van der Waals surface area contributed by atoms with Crippen LogP contribution in [0.5, 0.6) is 0 Å². The van der Waals surface area contributed by atoms with Crippen LogP contribution in [-0.4, -0.2) is 19.1 Å². The molecule has 5 nitrogen and oxygen atoms in total. The fourth-order valence-electron chi connectivity index (χ4n) is 2.16. The number of benzene rings is 1. The van der Waals surface area contributed by atoms with Gasteiger partial charge in [-0.3, -0.25) is 0 Å². The van der Waals surface area contributed by atoms with Gasteiger partial charge in [0.05, 0.1) is 23.1 Å². The van der Waals surface area contributed by atoms with E-state index in [1.165, 1.54) is 0 Å². The van der Waals surface area contributed by atoms with Gasteiger partial charge in [-0.2, -0.15) is 0 Å². The lowest BCUT2D eigenvalue weighted by molar-refractivity contribution is 0.889. The van der Waals surface area contributed by atoms with E-state index in [0.29, 0.717) is 5.95 Å². The molecule has 0 aliphatic carbocycles. The highest BCUT2D eigenvalue weighted by molar-refractivity contribution is 5.82. The number of nitrogen functional groups attached to an aromatic ring is 1. The minimum absolute atomic E-state index is 0.531. The lowest BCUT2D eigenvalue weighted by Crippen LogP contribution is -1.97. The van der Waals surface area contributed by atoms with Crippen molar-refractivity contribution in [3.05, 3.63) is 30.2 Å². The molecule has 0 aliphatic heterocycles. The summed E-state index contributed by atoms with van der Waals surface area (Å²) >= 11 is 0. The molecule has 18 heavy (non-hydrogen) atoms. The zero-order valence-corrected chi connectivity index (χ0v) is 10.7. The van der Waals surface area contributed by atoms with Gasteiger partial charge in [-0.1, -0.05) is 6.07 Å². The van der Waals surface area contributed by atoms with Crippen molar-refractivity contribution < 1.29 is 0 Å². The summed E-state index contributed by atoms with van der Waals surface area (Å²) in [6, 6.07) is 6.16. The SMILES string of the molecule is Cc1c(-c2ccc3c(c2)ncn3C)nc(N)n1C. The van der Waals surface area contributed by atoms with Crippen LogP contribution in [0.2, 0.25) is 0 Å². The second-order valence-corrected chi connectivity index (χ2v) is 4.52. The molecule has 0 saturated heterocycles. The van der Waals surface area contributed by atoms with E-state index < -0.39 is 0 Å². The Morgan fingerprint density at radius 3 is 2.67 bits per heavy atom. The molecule has 92 valence electrons. The summed E-state index contributed by atoms with van der Waals surface area (Å²) < 4.78 is 3.89. The molecule has 3 aromatic rings. The highest BCUT2D eigenvalue weighted by atomic mass is 15.1. The van der Waals surface area contributed by atoms with E-state index in [-0.39, 0.29) is 0 Å². The van der Waals surface area contributed by atoms with Crippen LogP contribution >= 0.6 is 0 Å². The molecule has 5 heteroatoms. The van der Waals surface area contributed by atoms with Gasteiger partial charge in [0.1, 0.15) is 0 Å². The van der Waals surface area contributed by atoms with E-state index >= 15 is 0 Å². The van der Waals surface area contributed by atoms with Gasteiger partial charge in [-0.25, -0.2) is 9.97 Å². The second-order valence-electron chi connectivity index (χ2n) is 4.52. The molecule has 0 unspecified atom stereocenters. The van der Waals surface area contributed by atoms with Crippen molar-refractivity contribution in [1.29, 1.82) is 0 Å². The van der Waals surface area contributed by atoms with Crippen LogP contribution in [0.25, 0.3) is 22.3 Å². The lowest BCUT2D eigenvalue weighted by atomic mass is 10.1. The third-order valence-electron chi connectivity index (χ3n) is 3.41. The maximum absolute atomic E-state index is 5.83. The van der Waals surface area contributed by atoms with Crippen molar-refractivity contribution in [2.45, 2.75) is 6.92 Å². The molecule has 0 bridgehead atoms. The molecule has 0 aliphatic rings. The van der Waals surface area contributed by atoms with E-state index in [1.807, 2.05) is 42.5 Å². The van der Waals surface area contributed by atoms with Crippen LogP contribution in [0, 0.1) is 6.92 Å². The summed E-state index contributed by atoms with van der Waals surface area (Å²) in [6.45, 7) is 2.02. The Morgan fingerprint density at radius 2 is 2.00 bits per heavy atom. The summed E-state index contributed by atoms with van der Waals surface area (Å²) in [5.74, 6) is 0.531. The number of fused-ring (bicyclic) bond motifs is 1. The van der Waals surface area contributed by atoms with Gasteiger partial charge in [-0.15, -0.1) is 0 Å². The van der Waals surface area contributed by atoms with E-state index in [0.717, 1.165) is 28.0 Å². The number of nitrogens with two attached hydrogens (primary N) is 1. The van der Waals surface area contributed by atoms with Crippen LogP contribution in [0.1, 0.15) is 5.69 Å². The molecule has 1 aromatic carbocycles. The predicted molar refractivity (Wildman–Crippen MR) is 72.1 cm³/mol. The fourth-order valence-corrected chi connectivity index (χ4v) is 2.16. The molecule has 0 saturated carbocycles. The Morgan fingerprint density at radius 1 is 1.22 bits per heavy atom. The Bertz CT molecular complexity index is 735. The number of nitrogens with zero attached hydrogens (tertiary/aromatic N) is 4. The highest BCUT2D eigenvalue weighted by Crippen LogP contribution is 2.26. The highest BCUT2D eigenvalue weighted by Gasteiger charge is 2.12. The van der Waals surface area contributed by atoms with Crippen LogP contribution in [0.4, 0.5) is 5.95 Å². The van der Waals surface area contributed by atoms with Crippen molar-refractivity contribution >= 4 is 17.0 Å². The van der Waals surface area contributed by atoms with E-state index in [9.17, 15) is 0 Å². The number of anilines is 1. The summed E-state index contributed by atoms with van der Waals surface area (Å²) in [6.07, 6.45) is 1.81. The maximum atomic E-state index is 5.83. The summed E-state index contributed by atoms with van der Waals surface area (Å²) in [4.78, 5) is 8.76. The number of hydrogen-bond donors (Lipinski definition) is 1. The fraction of sp³-hybridized carbons (Fsp3) is 0.231. The third kappa shape index (κ3) is 1.40. The number of aromatic nitrogens is 4. The van der Waals surface area contributed by atoms with Gasteiger partial charge in [0.2, 0.25) is 5.95 Å². The first-order valence-corrected chi connectivity index (χ1v) is 5.78. The molecule has 0 fully saturated rings. The van der Waals surface area contributed by atoms with E-state index in [2.05, 4.69) is 22.1 Å². The van der Waals surface area contributed by atoms with Crippen molar-refractivity contribution in [3.63, 3.8) is 0 Å². The molecule has 0 spiro atoms. The molecule has 3 rings (SSSR count). The Labute approximate surface area is 105 Å². The normalized spacial score (nSPS) is 11.3. The number of rotatable bonds is 1. The van der Waals surface area contributed by atoms with Crippen LogP contribution in [0.15, 0.2) is 24.5 Å². The first-order valence-electron chi connectivity index (χ1n) is 5.78. The zero-order chi connectivity index (χ0) is 12.9. The largest absolute Gasteiger partial charge is 0.369 e. The maximum Gasteiger partial charge on any atom is 0.200 e. The van der Waals surface area contributed by atoms with Crippen molar-refractivity contribution in [3.8, 4) is 11.3 Å². The van der Waals surface area contributed by atoms with Crippen LogP contribution in [-0.2, 0) is 14.1 Å². The Balaban J connectivity index is 2.22. The molecule has 0 amide bonds. The van der Waals surface area contributed by atoms with Crippen molar-refractivity contribution in [2.24, 2.45) is 14.1 Å². The Kier molecular flexibility index (Phi) is 2.16. The molecule has 2 heterocycles. The van der Waals surface area contributed by atoms with Gasteiger partial charge in [0.15, 0.2) is 0 Å². The zero-order valence-electron chi connectivity index (χ0n) is 10.7. The van der Waals surface area contributed by atoms with Gasteiger partial charge in [0.25, 0.3) is 0 Å². The van der Waals surface area contributed by atoms with Gasteiger partial charge in [-0.05, 0) is 19.1 Å². The average molecular weight is 241 g/mol. The van der Waals surface area contributed by atoms with Gasteiger partial charge < -0.3 is 14.9 Å². The van der Waals surface area contributed by atoms with Gasteiger partial charge >= 0.3 is 0 Å². The van der Waals surface area contributed by atoms with Gasteiger partial charge in [0, 0.05) is 25.4 Å². The molecule has 2 N–H and O–H groups in total. The molecule has 0 radical (unpaired) electrons. The minimum Gasteiger partial charge on any atom is -0.369 e. The molecule has 0 atom stereocenters. The summed E-state index contributed by atoms with van der Waals surface area (Å²) in [7, 11) is 3.90. The first kappa shape index (κ1) is 10.8. The third-order valence-corrected chi connectivity index (χ3v) is 3.41. The Hall–Kier alpha value is -2.30. The topological polar surface area (TPSA) is 61.7 Å². The van der Waals surface area contributed by atoms with Crippen LogP contribution in [0.3, 0.4) is 0 Å². The predicted octanol–water partition coefficient (Wildman–Crippen LogP) is 1.86. The second kappa shape index (κ2) is 3.60. The molecule has 2 aromatic heterocycles.